The molecule has 0 aromatic carbocycles. The van der Waals surface area contributed by atoms with Crippen LogP contribution >= 0.6 is 0 Å². The third-order valence-electron chi connectivity index (χ3n) is 4.61. The van der Waals surface area contributed by atoms with E-state index in [2.05, 4.69) is 10.3 Å². The van der Waals surface area contributed by atoms with Crippen molar-refractivity contribution < 1.29 is 27.5 Å². The first kappa shape index (κ1) is 18.2. The molecule has 132 valence electrons. The highest BCUT2D eigenvalue weighted by Gasteiger charge is 2.64. The number of nitrogens with two attached hydrogens (primary N) is 1. The fourth-order valence-corrected chi connectivity index (χ4v) is 2.72. The molecule has 2 amide bonds. The molecule has 0 bridgehead atoms. The molecular formula is C15H18F3N3O3. The maximum atomic E-state index is 13.3. The number of carbonyl (C=O) groups excluding carboxylic acids is 2. The summed E-state index contributed by atoms with van der Waals surface area (Å²) < 4.78 is 44.9. The Bertz CT molecular complexity index is 665. The first-order valence-electron chi connectivity index (χ1n) is 7.28. The van der Waals surface area contributed by atoms with E-state index in [9.17, 15) is 22.8 Å². The number of primary amides is 1. The van der Waals surface area contributed by atoms with Gasteiger partial charge in [0.05, 0.1) is 0 Å². The number of ether oxygens (including phenoxy) is 1. The summed E-state index contributed by atoms with van der Waals surface area (Å²) in [6.45, 7) is 3.88. The van der Waals surface area contributed by atoms with Gasteiger partial charge in [0.1, 0.15) is 11.8 Å². The summed E-state index contributed by atoms with van der Waals surface area (Å²) in [6.07, 6.45) is -4.60. The number of hydrogen-bond acceptors (Lipinski definition) is 4. The van der Waals surface area contributed by atoms with Gasteiger partial charge in [-0.2, -0.15) is 13.2 Å². The van der Waals surface area contributed by atoms with Crippen LogP contribution in [-0.2, 0) is 9.53 Å². The number of hydrogen-bond donors (Lipinski definition) is 2. The molecule has 1 aromatic rings. The lowest BCUT2D eigenvalue weighted by Crippen LogP contribution is -2.47. The number of pyridine rings is 1. The maximum Gasteiger partial charge on any atom is 0.417 e. The molecule has 6 nitrogen and oxygen atoms in total. The molecule has 3 N–H and O–H groups in total. The Labute approximate surface area is 136 Å². The molecule has 1 fully saturated rings. The van der Waals surface area contributed by atoms with Gasteiger partial charge in [-0.1, -0.05) is 13.8 Å². The van der Waals surface area contributed by atoms with Gasteiger partial charge in [-0.05, 0) is 30.9 Å². The quantitative estimate of drug-likeness (QED) is 0.877. The highest BCUT2D eigenvalue weighted by molar-refractivity contribution is 5.96. The highest BCUT2D eigenvalue weighted by Crippen LogP contribution is 2.49. The lowest BCUT2D eigenvalue weighted by molar-refractivity contribution is -0.272. The predicted molar refractivity (Wildman–Crippen MR) is 79.0 cm³/mol. The topological polar surface area (TPSA) is 94.3 Å². The predicted octanol–water partition coefficient (Wildman–Crippen LogP) is 2.11. The monoisotopic (exact) mass is 345 g/mol. The van der Waals surface area contributed by atoms with E-state index in [0.29, 0.717) is 0 Å². The first-order chi connectivity index (χ1) is 11.0. The van der Waals surface area contributed by atoms with Crippen LogP contribution in [0.3, 0.4) is 0 Å². The molecule has 9 heteroatoms. The maximum absolute atomic E-state index is 13.3. The van der Waals surface area contributed by atoms with Crippen molar-refractivity contribution in [3.8, 4) is 0 Å². The van der Waals surface area contributed by atoms with Crippen LogP contribution in [0.25, 0.3) is 0 Å². The van der Waals surface area contributed by atoms with E-state index in [1.54, 1.807) is 0 Å². The zero-order valence-electron chi connectivity index (χ0n) is 13.3. The van der Waals surface area contributed by atoms with Crippen molar-refractivity contribution in [3.63, 3.8) is 0 Å². The van der Waals surface area contributed by atoms with Gasteiger partial charge in [0, 0.05) is 11.9 Å². The summed E-state index contributed by atoms with van der Waals surface area (Å²) in [5, 5.41) is 2.44. The minimum atomic E-state index is -4.59. The third-order valence-corrected chi connectivity index (χ3v) is 4.61. The van der Waals surface area contributed by atoms with Gasteiger partial charge >= 0.3 is 6.18 Å². The average molecular weight is 345 g/mol. The smallest absolute Gasteiger partial charge is 0.364 e. The Morgan fingerprint density at radius 3 is 2.50 bits per heavy atom. The van der Waals surface area contributed by atoms with Gasteiger partial charge in [-0.3, -0.25) is 14.6 Å². The lowest BCUT2D eigenvalue weighted by Gasteiger charge is -2.31. The summed E-state index contributed by atoms with van der Waals surface area (Å²) in [6, 6.07) is 2.64. The first-order valence-corrected chi connectivity index (χ1v) is 7.28. The average Bonchev–Trinajstić information content (AvgIpc) is 2.72. The number of carbonyl (C=O) groups is 2. The second-order valence-corrected chi connectivity index (χ2v) is 6.07. The van der Waals surface area contributed by atoms with E-state index in [4.69, 9.17) is 10.5 Å². The molecule has 0 aliphatic carbocycles. The Kier molecular flexibility index (Phi) is 4.58. The summed E-state index contributed by atoms with van der Waals surface area (Å²) in [5.74, 6) is -3.04. The summed E-state index contributed by atoms with van der Waals surface area (Å²) in [4.78, 5) is 27.1. The number of anilines is 1. The number of alkyl halides is 3. The number of nitrogens with zero attached hydrogens (tertiary/aromatic N) is 1. The highest BCUT2D eigenvalue weighted by atomic mass is 19.4. The molecular weight excluding hydrogens is 327 g/mol. The minimum Gasteiger partial charge on any atom is -0.364 e. The Morgan fingerprint density at radius 2 is 2.00 bits per heavy atom. The minimum absolute atomic E-state index is 0.0679. The molecule has 2 rings (SSSR count). The van der Waals surface area contributed by atoms with Crippen molar-refractivity contribution in [3.05, 3.63) is 24.0 Å². The Morgan fingerprint density at radius 1 is 1.38 bits per heavy atom. The van der Waals surface area contributed by atoms with Crippen LogP contribution < -0.4 is 11.1 Å². The van der Waals surface area contributed by atoms with Crippen LogP contribution in [0.15, 0.2) is 18.3 Å². The van der Waals surface area contributed by atoms with E-state index in [-0.39, 0.29) is 11.4 Å². The number of halogens is 3. The largest absolute Gasteiger partial charge is 0.417 e. The van der Waals surface area contributed by atoms with E-state index in [0.717, 1.165) is 6.92 Å². The van der Waals surface area contributed by atoms with Gasteiger partial charge in [0.2, 0.25) is 0 Å². The second kappa shape index (κ2) is 6.04. The van der Waals surface area contributed by atoms with Crippen LogP contribution in [-0.4, -0.2) is 34.7 Å². The molecule has 0 radical (unpaired) electrons. The number of rotatable bonds is 3. The van der Waals surface area contributed by atoms with Gasteiger partial charge in [0.15, 0.2) is 5.60 Å². The standard InChI is InChI=1S/C15H18F3N3O3/c1-7-8(2)14(3,15(16,17)18)24-11(7)13(23)21-9-4-5-20-10(6-9)12(19)22/h4-8,11H,1-3H3,(H2,19,22)(H,20,21,23)/t7-,8+,11-,14-/m1/s1. The van der Waals surface area contributed by atoms with E-state index in [1.165, 1.54) is 32.2 Å². The fourth-order valence-electron chi connectivity index (χ4n) is 2.72. The fraction of sp³-hybridized carbons (Fsp3) is 0.533. The van der Waals surface area contributed by atoms with Crippen LogP contribution in [0.5, 0.6) is 0 Å². The van der Waals surface area contributed by atoms with Gasteiger partial charge in [-0.25, -0.2) is 0 Å². The van der Waals surface area contributed by atoms with Crippen LogP contribution in [0.2, 0.25) is 0 Å². The van der Waals surface area contributed by atoms with Gasteiger partial charge in [0.25, 0.3) is 11.8 Å². The lowest BCUT2D eigenvalue weighted by atomic mass is 9.82. The van der Waals surface area contributed by atoms with Crippen LogP contribution in [0, 0.1) is 11.8 Å². The number of amides is 2. The van der Waals surface area contributed by atoms with Crippen molar-refractivity contribution in [1.29, 1.82) is 0 Å². The molecule has 1 saturated heterocycles. The van der Waals surface area contributed by atoms with Gasteiger partial charge in [-0.15, -0.1) is 0 Å². The summed E-state index contributed by atoms with van der Waals surface area (Å²) >= 11 is 0. The molecule has 4 atom stereocenters. The van der Waals surface area contributed by atoms with Crippen molar-refractivity contribution in [1.82, 2.24) is 4.98 Å². The van der Waals surface area contributed by atoms with Crippen molar-refractivity contribution in [2.75, 3.05) is 5.32 Å². The number of nitrogens with one attached hydrogen (secondary N) is 1. The third kappa shape index (κ3) is 3.08. The summed E-state index contributed by atoms with van der Waals surface area (Å²) in [7, 11) is 0. The molecule has 0 saturated carbocycles. The second-order valence-electron chi connectivity index (χ2n) is 6.07. The van der Waals surface area contributed by atoms with Crippen molar-refractivity contribution in [2.45, 2.75) is 38.7 Å². The van der Waals surface area contributed by atoms with E-state index in [1.807, 2.05) is 0 Å². The zero-order valence-corrected chi connectivity index (χ0v) is 13.3. The zero-order chi connectivity index (χ0) is 18.3. The molecule has 24 heavy (non-hydrogen) atoms. The Hall–Kier alpha value is -2.16. The molecule has 1 aliphatic heterocycles. The molecule has 2 heterocycles. The van der Waals surface area contributed by atoms with E-state index >= 15 is 0 Å². The van der Waals surface area contributed by atoms with Gasteiger partial charge < -0.3 is 15.8 Å². The molecule has 1 aliphatic rings. The number of aromatic nitrogens is 1. The Balaban J connectivity index is 2.19. The van der Waals surface area contributed by atoms with Crippen LogP contribution in [0.4, 0.5) is 18.9 Å². The van der Waals surface area contributed by atoms with E-state index < -0.39 is 41.5 Å². The van der Waals surface area contributed by atoms with Crippen molar-refractivity contribution in [2.24, 2.45) is 17.6 Å². The molecule has 1 aromatic heterocycles. The summed E-state index contributed by atoms with van der Waals surface area (Å²) in [5.41, 5.74) is 2.83. The van der Waals surface area contributed by atoms with Crippen LogP contribution in [0.1, 0.15) is 31.3 Å². The molecule has 0 unspecified atom stereocenters. The SMILES string of the molecule is C[C@H]1[C@H](C(=O)Nc2ccnc(C(N)=O)c2)O[C@@](C)(C(F)(F)F)[C@H]1C. The molecule has 0 spiro atoms. The van der Waals surface area contributed by atoms with Crippen molar-refractivity contribution >= 4 is 17.5 Å². The normalized spacial score (nSPS) is 30.2.